The van der Waals surface area contributed by atoms with Gasteiger partial charge in [-0.05, 0) is 57.2 Å². The molecule has 8 nitrogen and oxygen atoms in total. The van der Waals surface area contributed by atoms with E-state index in [1.165, 1.54) is 48.5 Å². The van der Waals surface area contributed by atoms with E-state index >= 15 is 0 Å². The molecule has 2 rings (SSSR count). The third-order valence-electron chi connectivity index (χ3n) is 3.48. The molecule has 2 aromatic carbocycles. The third kappa shape index (κ3) is 8.29. The number of carbonyl (C=O) groups is 3. The van der Waals surface area contributed by atoms with E-state index in [4.69, 9.17) is 9.47 Å². The number of anilines is 2. The lowest BCUT2D eigenvalue weighted by atomic mass is 10.2. The fraction of sp³-hybridized carbons (Fsp3) is 0.286. The molecule has 0 aliphatic heterocycles. The first-order chi connectivity index (χ1) is 14.5. The predicted molar refractivity (Wildman–Crippen MR) is 108 cm³/mol. The number of nitrogens with one attached hydrogen (secondary N) is 2. The highest BCUT2D eigenvalue weighted by molar-refractivity contribution is 5.96. The molecule has 0 radical (unpaired) electrons. The number of benzene rings is 2. The van der Waals surface area contributed by atoms with Crippen LogP contribution >= 0.6 is 0 Å². The molecule has 166 valence electrons. The Morgan fingerprint density at radius 3 is 2.23 bits per heavy atom. The van der Waals surface area contributed by atoms with Crippen molar-refractivity contribution in [3.63, 3.8) is 0 Å². The van der Waals surface area contributed by atoms with Crippen LogP contribution in [-0.2, 0) is 14.3 Å². The fourth-order valence-corrected chi connectivity index (χ4v) is 2.28. The Hall–Kier alpha value is -3.69. The van der Waals surface area contributed by atoms with Crippen LogP contribution in [-0.4, -0.2) is 36.8 Å². The minimum absolute atomic E-state index is 0.0152. The van der Waals surface area contributed by atoms with Gasteiger partial charge in [0, 0.05) is 5.69 Å². The molecular weight excluding hydrogens is 414 g/mol. The van der Waals surface area contributed by atoms with E-state index in [9.17, 15) is 23.2 Å². The van der Waals surface area contributed by atoms with E-state index in [1.807, 2.05) is 0 Å². The summed E-state index contributed by atoms with van der Waals surface area (Å²) in [6.07, 6.45) is -0.643. The summed E-state index contributed by atoms with van der Waals surface area (Å²) in [6.45, 7) is 1.49. The Kier molecular flexibility index (Phi) is 7.89. The Bertz CT molecular complexity index is 926. The molecule has 0 atom stereocenters. The minimum atomic E-state index is -3.05. The molecule has 2 amide bonds. The summed E-state index contributed by atoms with van der Waals surface area (Å²) in [6, 6.07) is 11.4. The number of hydrogen-bond acceptors (Lipinski definition) is 6. The maximum Gasteiger partial charge on any atom is 0.412 e. The first-order valence-electron chi connectivity index (χ1n) is 9.14. The van der Waals surface area contributed by atoms with Crippen LogP contribution in [0.15, 0.2) is 48.5 Å². The van der Waals surface area contributed by atoms with Gasteiger partial charge in [0.2, 0.25) is 0 Å². The van der Waals surface area contributed by atoms with Gasteiger partial charge < -0.3 is 19.5 Å². The van der Waals surface area contributed by atoms with Gasteiger partial charge in [0.1, 0.15) is 11.4 Å². The molecule has 0 spiro atoms. The number of ether oxygens (including phenoxy) is 3. The van der Waals surface area contributed by atoms with Crippen molar-refractivity contribution in [2.45, 2.75) is 33.0 Å². The molecule has 0 heterocycles. The lowest BCUT2D eigenvalue weighted by molar-refractivity contribution is -0.119. The van der Waals surface area contributed by atoms with Crippen molar-refractivity contribution in [3.05, 3.63) is 54.1 Å². The largest absolute Gasteiger partial charge is 0.452 e. The van der Waals surface area contributed by atoms with Crippen molar-refractivity contribution in [1.29, 1.82) is 0 Å². The zero-order chi connectivity index (χ0) is 23.0. The zero-order valence-corrected chi connectivity index (χ0v) is 17.1. The number of esters is 1. The number of alkyl halides is 2. The molecule has 0 aliphatic rings. The second-order valence-corrected chi connectivity index (χ2v) is 7.20. The first kappa shape index (κ1) is 23.6. The van der Waals surface area contributed by atoms with Crippen LogP contribution in [0.3, 0.4) is 0 Å². The molecule has 0 aromatic heterocycles. The second-order valence-electron chi connectivity index (χ2n) is 7.20. The standard InChI is InChI=1S/C21H22F2N2O6/c1-21(2,3)31-20(28)24-14-10-8-13(9-11-14)18(27)29-12-17(26)25-15-6-4-5-7-16(15)30-19(22)23/h4-11,19H,12H2,1-3H3,(H,24,28)(H,25,26). The van der Waals surface area contributed by atoms with E-state index in [0.29, 0.717) is 5.69 Å². The predicted octanol–water partition coefficient (Wildman–Crippen LogP) is 4.43. The molecule has 31 heavy (non-hydrogen) atoms. The molecular formula is C21H22F2N2O6. The Balaban J connectivity index is 1.87. The van der Waals surface area contributed by atoms with Gasteiger partial charge in [0.25, 0.3) is 5.91 Å². The molecule has 2 aromatic rings. The van der Waals surface area contributed by atoms with Gasteiger partial charge in [0.05, 0.1) is 11.3 Å². The average Bonchev–Trinajstić information content (AvgIpc) is 2.66. The summed E-state index contributed by atoms with van der Waals surface area (Å²) in [5.74, 6) is -1.73. The summed E-state index contributed by atoms with van der Waals surface area (Å²) in [4.78, 5) is 35.8. The summed E-state index contributed by atoms with van der Waals surface area (Å²) in [5.41, 5.74) is -0.0925. The highest BCUT2D eigenvalue weighted by Crippen LogP contribution is 2.25. The monoisotopic (exact) mass is 436 g/mol. The molecule has 0 unspecified atom stereocenters. The normalized spacial score (nSPS) is 10.9. The highest BCUT2D eigenvalue weighted by atomic mass is 19.3. The van der Waals surface area contributed by atoms with Crippen LogP contribution in [0.1, 0.15) is 31.1 Å². The lowest BCUT2D eigenvalue weighted by Gasteiger charge is -2.19. The average molecular weight is 436 g/mol. The minimum Gasteiger partial charge on any atom is -0.452 e. The Morgan fingerprint density at radius 2 is 1.61 bits per heavy atom. The first-order valence-corrected chi connectivity index (χ1v) is 9.14. The van der Waals surface area contributed by atoms with Crippen molar-refractivity contribution in [3.8, 4) is 5.75 Å². The van der Waals surface area contributed by atoms with Crippen LogP contribution in [0.2, 0.25) is 0 Å². The van der Waals surface area contributed by atoms with Gasteiger partial charge >= 0.3 is 18.7 Å². The van der Waals surface area contributed by atoms with E-state index in [0.717, 1.165) is 0 Å². The van der Waals surface area contributed by atoms with Gasteiger partial charge in [-0.1, -0.05) is 12.1 Å². The van der Waals surface area contributed by atoms with Crippen molar-refractivity contribution < 1.29 is 37.4 Å². The molecule has 0 aliphatic carbocycles. The summed E-state index contributed by atoms with van der Waals surface area (Å²) >= 11 is 0. The van der Waals surface area contributed by atoms with E-state index in [2.05, 4.69) is 15.4 Å². The number of para-hydroxylation sites is 2. The molecule has 0 bridgehead atoms. The quantitative estimate of drug-likeness (QED) is 0.623. The molecule has 0 saturated heterocycles. The zero-order valence-electron chi connectivity index (χ0n) is 17.1. The molecule has 0 fully saturated rings. The van der Waals surface area contributed by atoms with Crippen LogP contribution in [0.4, 0.5) is 25.0 Å². The van der Waals surface area contributed by atoms with Gasteiger partial charge in [-0.15, -0.1) is 0 Å². The number of halogens is 2. The molecule has 2 N–H and O–H groups in total. The number of hydrogen-bond donors (Lipinski definition) is 2. The van der Waals surface area contributed by atoms with Crippen molar-refractivity contribution >= 4 is 29.3 Å². The molecule has 0 saturated carbocycles. The lowest BCUT2D eigenvalue weighted by Crippen LogP contribution is -2.27. The maximum atomic E-state index is 12.4. The van der Waals surface area contributed by atoms with Crippen LogP contribution in [0, 0.1) is 0 Å². The Morgan fingerprint density at radius 1 is 0.968 bits per heavy atom. The third-order valence-corrected chi connectivity index (χ3v) is 3.48. The smallest absolute Gasteiger partial charge is 0.412 e. The SMILES string of the molecule is CC(C)(C)OC(=O)Nc1ccc(C(=O)OCC(=O)Nc2ccccc2OC(F)F)cc1. The van der Waals surface area contributed by atoms with E-state index in [-0.39, 0.29) is 17.0 Å². The van der Waals surface area contributed by atoms with Gasteiger partial charge in [-0.2, -0.15) is 8.78 Å². The fourth-order valence-electron chi connectivity index (χ4n) is 2.28. The number of amides is 2. The van der Waals surface area contributed by atoms with E-state index in [1.54, 1.807) is 20.8 Å². The number of rotatable bonds is 7. The van der Waals surface area contributed by atoms with Crippen LogP contribution in [0.5, 0.6) is 5.75 Å². The second kappa shape index (κ2) is 10.4. The van der Waals surface area contributed by atoms with Crippen LogP contribution in [0.25, 0.3) is 0 Å². The van der Waals surface area contributed by atoms with Gasteiger partial charge in [-0.3, -0.25) is 10.1 Å². The topological polar surface area (TPSA) is 103 Å². The van der Waals surface area contributed by atoms with E-state index < -0.39 is 36.8 Å². The summed E-state index contributed by atoms with van der Waals surface area (Å²) in [5, 5.41) is 4.85. The van der Waals surface area contributed by atoms with Crippen molar-refractivity contribution in [2.75, 3.05) is 17.2 Å². The number of carbonyl (C=O) groups excluding carboxylic acids is 3. The highest BCUT2D eigenvalue weighted by Gasteiger charge is 2.17. The van der Waals surface area contributed by atoms with Crippen LogP contribution < -0.4 is 15.4 Å². The Labute approximate surface area is 177 Å². The molecule has 10 heteroatoms. The van der Waals surface area contributed by atoms with Gasteiger partial charge in [0.15, 0.2) is 6.61 Å². The summed E-state index contributed by atoms with van der Waals surface area (Å²) < 4.78 is 39.2. The van der Waals surface area contributed by atoms with Crippen molar-refractivity contribution in [2.24, 2.45) is 0 Å². The van der Waals surface area contributed by atoms with Gasteiger partial charge in [-0.25, -0.2) is 9.59 Å². The summed E-state index contributed by atoms with van der Waals surface area (Å²) in [7, 11) is 0. The van der Waals surface area contributed by atoms with Crippen molar-refractivity contribution in [1.82, 2.24) is 0 Å². The maximum absolute atomic E-state index is 12.4.